The van der Waals surface area contributed by atoms with Crippen LogP contribution in [0.5, 0.6) is 0 Å². The van der Waals surface area contributed by atoms with Gasteiger partial charge in [-0.15, -0.1) is 17.9 Å². The van der Waals surface area contributed by atoms with E-state index in [1.54, 1.807) is 36.5 Å². The van der Waals surface area contributed by atoms with Gasteiger partial charge < -0.3 is 0 Å². The zero-order valence-electron chi connectivity index (χ0n) is 15.5. The SMILES string of the molecule is C=CCN(c1ccccc1)S(=O)(=O)c1cc(C(=O)Nc2ncc(C)s2)ccc1Cl. The number of aromatic nitrogens is 1. The van der Waals surface area contributed by atoms with Crippen molar-refractivity contribution in [2.24, 2.45) is 0 Å². The number of amides is 1. The molecule has 0 aliphatic heterocycles. The summed E-state index contributed by atoms with van der Waals surface area (Å²) >= 11 is 7.53. The van der Waals surface area contributed by atoms with Crippen molar-refractivity contribution in [2.45, 2.75) is 11.8 Å². The number of para-hydroxylation sites is 1. The van der Waals surface area contributed by atoms with Crippen LogP contribution in [0.15, 0.2) is 72.3 Å². The van der Waals surface area contributed by atoms with Gasteiger partial charge in [-0.1, -0.05) is 35.9 Å². The highest BCUT2D eigenvalue weighted by Gasteiger charge is 2.27. The quantitative estimate of drug-likeness (QED) is 0.530. The summed E-state index contributed by atoms with van der Waals surface area (Å²) in [5, 5.41) is 3.12. The molecule has 9 heteroatoms. The standard InChI is InChI=1S/C20H18ClN3O3S2/c1-3-11-24(16-7-5-4-6-8-16)29(26,27)18-12-15(9-10-17(18)21)19(25)23-20-22-13-14(2)28-20/h3-10,12-13H,1,11H2,2H3,(H,22,23,25). The number of hydrogen-bond acceptors (Lipinski definition) is 5. The molecule has 0 atom stereocenters. The molecule has 0 saturated heterocycles. The molecule has 1 heterocycles. The molecule has 150 valence electrons. The number of halogens is 1. The van der Waals surface area contributed by atoms with Crippen molar-refractivity contribution in [3.05, 3.63) is 82.8 Å². The van der Waals surface area contributed by atoms with Gasteiger partial charge in [0.2, 0.25) is 0 Å². The lowest BCUT2D eigenvalue weighted by molar-refractivity contribution is 0.102. The number of hydrogen-bond donors (Lipinski definition) is 1. The zero-order chi connectivity index (χ0) is 21.0. The van der Waals surface area contributed by atoms with Crippen molar-refractivity contribution in [3.8, 4) is 0 Å². The van der Waals surface area contributed by atoms with E-state index in [-0.39, 0.29) is 22.0 Å². The van der Waals surface area contributed by atoms with Gasteiger partial charge in [-0.3, -0.25) is 14.4 Å². The lowest BCUT2D eigenvalue weighted by Crippen LogP contribution is -2.31. The average Bonchev–Trinajstić information content (AvgIpc) is 3.11. The van der Waals surface area contributed by atoms with Gasteiger partial charge in [0.05, 0.1) is 17.3 Å². The Bertz CT molecular complexity index is 1140. The molecule has 0 bridgehead atoms. The summed E-state index contributed by atoms with van der Waals surface area (Å²) in [5.41, 5.74) is 0.629. The zero-order valence-corrected chi connectivity index (χ0v) is 17.9. The molecular weight excluding hydrogens is 430 g/mol. The molecule has 0 fully saturated rings. The molecule has 1 N–H and O–H groups in total. The second kappa shape index (κ2) is 8.77. The van der Waals surface area contributed by atoms with E-state index in [9.17, 15) is 13.2 Å². The van der Waals surface area contributed by atoms with Crippen molar-refractivity contribution in [3.63, 3.8) is 0 Å². The summed E-state index contributed by atoms with van der Waals surface area (Å²) in [4.78, 5) is 17.4. The van der Waals surface area contributed by atoms with Crippen LogP contribution in [0.4, 0.5) is 10.8 Å². The maximum Gasteiger partial charge on any atom is 0.266 e. The number of aryl methyl sites for hydroxylation is 1. The number of rotatable bonds is 7. The van der Waals surface area contributed by atoms with Crippen LogP contribution in [-0.2, 0) is 10.0 Å². The van der Waals surface area contributed by atoms with Gasteiger partial charge in [-0.05, 0) is 37.3 Å². The first-order chi connectivity index (χ1) is 13.8. The van der Waals surface area contributed by atoms with Crippen molar-refractivity contribution in [2.75, 3.05) is 16.2 Å². The number of anilines is 2. The van der Waals surface area contributed by atoms with E-state index in [4.69, 9.17) is 11.6 Å². The Balaban J connectivity index is 1.99. The first kappa shape index (κ1) is 21.0. The minimum Gasteiger partial charge on any atom is -0.298 e. The van der Waals surface area contributed by atoms with Crippen LogP contribution in [0.3, 0.4) is 0 Å². The van der Waals surface area contributed by atoms with E-state index in [1.165, 1.54) is 39.9 Å². The molecule has 0 saturated carbocycles. The van der Waals surface area contributed by atoms with Crippen molar-refractivity contribution < 1.29 is 13.2 Å². The number of nitrogens with zero attached hydrogens (tertiary/aromatic N) is 2. The van der Waals surface area contributed by atoms with E-state index in [0.29, 0.717) is 10.8 Å². The Morgan fingerprint density at radius 3 is 2.62 bits per heavy atom. The van der Waals surface area contributed by atoms with Gasteiger partial charge in [-0.25, -0.2) is 13.4 Å². The highest BCUT2D eigenvalue weighted by atomic mass is 35.5. The molecule has 1 amide bonds. The van der Waals surface area contributed by atoms with Crippen molar-refractivity contribution in [1.29, 1.82) is 0 Å². The molecule has 3 rings (SSSR count). The minimum absolute atomic E-state index is 0.0247. The molecule has 0 radical (unpaired) electrons. The first-order valence-electron chi connectivity index (χ1n) is 8.55. The van der Waals surface area contributed by atoms with Crippen LogP contribution in [0, 0.1) is 6.92 Å². The lowest BCUT2D eigenvalue weighted by atomic mass is 10.2. The van der Waals surface area contributed by atoms with Gasteiger partial charge in [0, 0.05) is 16.6 Å². The number of benzene rings is 2. The summed E-state index contributed by atoms with van der Waals surface area (Å²) in [6.45, 7) is 5.57. The Kier molecular flexibility index (Phi) is 6.36. The van der Waals surface area contributed by atoms with Crippen LogP contribution in [-0.4, -0.2) is 25.9 Å². The topological polar surface area (TPSA) is 79.4 Å². The molecule has 0 aliphatic rings. The average molecular weight is 448 g/mol. The monoisotopic (exact) mass is 447 g/mol. The number of carbonyl (C=O) groups excluding carboxylic acids is 1. The van der Waals surface area contributed by atoms with Crippen LogP contribution in [0.2, 0.25) is 5.02 Å². The number of carbonyl (C=O) groups is 1. The highest BCUT2D eigenvalue weighted by molar-refractivity contribution is 7.93. The summed E-state index contributed by atoms with van der Waals surface area (Å²) in [6.07, 6.45) is 3.13. The number of nitrogens with one attached hydrogen (secondary N) is 1. The molecule has 0 spiro atoms. The smallest absolute Gasteiger partial charge is 0.266 e. The van der Waals surface area contributed by atoms with Crippen LogP contribution in [0.1, 0.15) is 15.2 Å². The summed E-state index contributed by atoms with van der Waals surface area (Å²) in [6, 6.07) is 12.8. The summed E-state index contributed by atoms with van der Waals surface area (Å²) < 4.78 is 27.9. The molecule has 0 unspecified atom stereocenters. The van der Waals surface area contributed by atoms with Gasteiger partial charge in [0.1, 0.15) is 4.90 Å². The third kappa shape index (κ3) is 4.67. The second-order valence-electron chi connectivity index (χ2n) is 6.04. The summed E-state index contributed by atoms with van der Waals surface area (Å²) in [7, 11) is -4.03. The Hall–Kier alpha value is -2.68. The van der Waals surface area contributed by atoms with E-state index < -0.39 is 15.9 Å². The first-order valence-corrected chi connectivity index (χ1v) is 11.2. The van der Waals surface area contributed by atoms with Gasteiger partial charge in [-0.2, -0.15) is 0 Å². The fraction of sp³-hybridized carbons (Fsp3) is 0.100. The maximum absolute atomic E-state index is 13.3. The molecule has 1 aromatic heterocycles. The second-order valence-corrected chi connectivity index (χ2v) is 9.51. The van der Waals surface area contributed by atoms with Gasteiger partial charge in [0.25, 0.3) is 15.9 Å². The van der Waals surface area contributed by atoms with Crippen molar-refractivity contribution >= 4 is 49.7 Å². The lowest BCUT2D eigenvalue weighted by Gasteiger charge is -2.24. The van der Waals surface area contributed by atoms with E-state index >= 15 is 0 Å². The fourth-order valence-corrected chi connectivity index (χ4v) is 5.19. The molecule has 3 aromatic rings. The van der Waals surface area contributed by atoms with Crippen LogP contribution < -0.4 is 9.62 Å². The maximum atomic E-state index is 13.3. The molecule has 29 heavy (non-hydrogen) atoms. The van der Waals surface area contributed by atoms with Crippen LogP contribution >= 0.6 is 22.9 Å². The molecule has 0 aliphatic carbocycles. The van der Waals surface area contributed by atoms with E-state index in [0.717, 1.165) is 4.88 Å². The number of thiazole rings is 1. The molecular formula is C20H18ClN3O3S2. The normalized spacial score (nSPS) is 11.1. The predicted octanol–water partition coefficient (Wildman–Crippen LogP) is 4.74. The van der Waals surface area contributed by atoms with E-state index in [2.05, 4.69) is 16.9 Å². The minimum atomic E-state index is -4.03. The Labute approximate surface area is 178 Å². The van der Waals surface area contributed by atoms with Crippen LogP contribution in [0.25, 0.3) is 0 Å². The summed E-state index contributed by atoms with van der Waals surface area (Å²) in [5.74, 6) is -0.470. The highest BCUT2D eigenvalue weighted by Crippen LogP contribution is 2.30. The van der Waals surface area contributed by atoms with Gasteiger partial charge in [0.15, 0.2) is 5.13 Å². The van der Waals surface area contributed by atoms with E-state index in [1.807, 2.05) is 6.92 Å². The molecule has 6 nitrogen and oxygen atoms in total. The largest absolute Gasteiger partial charge is 0.298 e. The third-order valence-electron chi connectivity index (χ3n) is 3.94. The molecule has 2 aromatic carbocycles. The Morgan fingerprint density at radius 1 is 1.28 bits per heavy atom. The van der Waals surface area contributed by atoms with Gasteiger partial charge >= 0.3 is 0 Å². The number of sulfonamides is 1. The Morgan fingerprint density at radius 2 is 2.00 bits per heavy atom. The van der Waals surface area contributed by atoms with Crippen molar-refractivity contribution in [1.82, 2.24) is 4.98 Å². The third-order valence-corrected chi connectivity index (χ3v) is 7.05. The predicted molar refractivity (Wildman–Crippen MR) is 117 cm³/mol. The fourth-order valence-electron chi connectivity index (χ4n) is 2.60.